The lowest BCUT2D eigenvalue weighted by atomic mass is 9.98. The Bertz CT molecular complexity index is 1150. The van der Waals surface area contributed by atoms with Gasteiger partial charge in [0.15, 0.2) is 0 Å². The van der Waals surface area contributed by atoms with Gasteiger partial charge < -0.3 is 15.2 Å². The van der Waals surface area contributed by atoms with Gasteiger partial charge in [-0.2, -0.15) is 13.2 Å². The normalized spacial score (nSPS) is 12.3. The average molecular weight is 449 g/mol. The second-order valence-corrected chi connectivity index (χ2v) is 7.14. The number of aryl methyl sites for hydroxylation is 2. The first-order valence-electron chi connectivity index (χ1n) is 9.49. The predicted molar refractivity (Wildman–Crippen MR) is 109 cm³/mol. The molecule has 0 saturated carbocycles. The Kier molecular flexibility index (Phi) is 6.33. The highest BCUT2D eigenvalue weighted by atomic mass is 19.4. The SMILES string of the molecule is Cc1noc(C)c1C(C)C(=O)Nc1ccc(NC(=O)c2ccccc2F)cc1C(F)(F)F. The first-order valence-corrected chi connectivity index (χ1v) is 9.49. The number of rotatable bonds is 5. The molecule has 3 aromatic rings. The number of benzene rings is 2. The minimum Gasteiger partial charge on any atom is -0.361 e. The van der Waals surface area contributed by atoms with Gasteiger partial charge in [-0.3, -0.25) is 9.59 Å². The van der Waals surface area contributed by atoms with Crippen molar-refractivity contribution in [3.05, 3.63) is 76.4 Å². The van der Waals surface area contributed by atoms with Crippen molar-refractivity contribution in [2.45, 2.75) is 32.9 Å². The van der Waals surface area contributed by atoms with E-state index in [4.69, 9.17) is 4.52 Å². The van der Waals surface area contributed by atoms with Crippen LogP contribution in [0.3, 0.4) is 0 Å². The Morgan fingerprint density at radius 2 is 1.75 bits per heavy atom. The van der Waals surface area contributed by atoms with E-state index in [1.54, 1.807) is 13.8 Å². The van der Waals surface area contributed by atoms with Gasteiger partial charge in [-0.05, 0) is 51.1 Å². The van der Waals surface area contributed by atoms with Crippen LogP contribution in [-0.4, -0.2) is 17.0 Å². The number of alkyl halides is 3. The fourth-order valence-corrected chi connectivity index (χ4v) is 3.29. The molecule has 32 heavy (non-hydrogen) atoms. The summed E-state index contributed by atoms with van der Waals surface area (Å²) in [5, 5.41) is 8.27. The van der Waals surface area contributed by atoms with Crippen molar-refractivity contribution >= 4 is 23.2 Å². The molecule has 0 bridgehead atoms. The quantitative estimate of drug-likeness (QED) is 0.508. The summed E-state index contributed by atoms with van der Waals surface area (Å²) in [4.78, 5) is 24.8. The lowest BCUT2D eigenvalue weighted by Crippen LogP contribution is -2.22. The molecule has 1 heterocycles. The lowest BCUT2D eigenvalue weighted by Gasteiger charge is -2.18. The first kappa shape index (κ1) is 23.0. The van der Waals surface area contributed by atoms with Crippen molar-refractivity contribution in [2.75, 3.05) is 10.6 Å². The van der Waals surface area contributed by atoms with Crippen LogP contribution in [0.25, 0.3) is 0 Å². The summed E-state index contributed by atoms with van der Waals surface area (Å²) in [7, 11) is 0. The molecule has 1 atom stereocenters. The summed E-state index contributed by atoms with van der Waals surface area (Å²) in [6.45, 7) is 4.76. The molecule has 0 spiro atoms. The number of carbonyl (C=O) groups excluding carboxylic acids is 2. The molecule has 0 aliphatic heterocycles. The minimum atomic E-state index is -4.83. The van der Waals surface area contributed by atoms with Gasteiger partial charge in [0.05, 0.1) is 28.4 Å². The topological polar surface area (TPSA) is 84.2 Å². The number of carbonyl (C=O) groups is 2. The van der Waals surface area contributed by atoms with Crippen molar-refractivity contribution in [1.82, 2.24) is 5.16 Å². The molecule has 2 amide bonds. The van der Waals surface area contributed by atoms with E-state index in [1.807, 2.05) is 0 Å². The van der Waals surface area contributed by atoms with Gasteiger partial charge in [0.25, 0.3) is 5.91 Å². The average Bonchev–Trinajstić information content (AvgIpc) is 3.06. The van der Waals surface area contributed by atoms with Crippen LogP contribution in [-0.2, 0) is 11.0 Å². The Hall–Kier alpha value is -3.69. The first-order chi connectivity index (χ1) is 15.0. The van der Waals surface area contributed by atoms with E-state index in [0.717, 1.165) is 12.1 Å². The van der Waals surface area contributed by atoms with E-state index >= 15 is 0 Å². The van der Waals surface area contributed by atoms with Gasteiger partial charge in [0.2, 0.25) is 5.91 Å². The number of nitrogens with one attached hydrogen (secondary N) is 2. The van der Waals surface area contributed by atoms with Crippen molar-refractivity contribution in [3.8, 4) is 0 Å². The highest BCUT2D eigenvalue weighted by molar-refractivity contribution is 6.04. The highest BCUT2D eigenvalue weighted by Crippen LogP contribution is 2.37. The van der Waals surface area contributed by atoms with Crippen LogP contribution in [0.5, 0.6) is 0 Å². The van der Waals surface area contributed by atoms with Crippen LogP contribution in [0.1, 0.15) is 45.8 Å². The maximum atomic E-state index is 13.8. The van der Waals surface area contributed by atoms with Gasteiger partial charge in [-0.25, -0.2) is 4.39 Å². The number of aromatic nitrogens is 1. The molecule has 2 N–H and O–H groups in total. The second kappa shape index (κ2) is 8.81. The van der Waals surface area contributed by atoms with Crippen LogP contribution >= 0.6 is 0 Å². The third kappa shape index (κ3) is 4.79. The van der Waals surface area contributed by atoms with Crippen LogP contribution in [0.2, 0.25) is 0 Å². The number of hydrogen-bond acceptors (Lipinski definition) is 4. The van der Waals surface area contributed by atoms with E-state index in [0.29, 0.717) is 23.1 Å². The van der Waals surface area contributed by atoms with Crippen LogP contribution in [0.4, 0.5) is 28.9 Å². The second-order valence-electron chi connectivity index (χ2n) is 7.14. The molecule has 6 nitrogen and oxygen atoms in total. The number of amides is 2. The molecule has 0 aliphatic rings. The van der Waals surface area contributed by atoms with Crippen molar-refractivity contribution in [2.24, 2.45) is 0 Å². The smallest absolute Gasteiger partial charge is 0.361 e. The molecule has 0 aliphatic carbocycles. The maximum Gasteiger partial charge on any atom is 0.418 e. The molecule has 2 aromatic carbocycles. The predicted octanol–water partition coefficient (Wildman–Crippen LogP) is 5.44. The fraction of sp³-hybridized carbons (Fsp3) is 0.227. The maximum absolute atomic E-state index is 13.8. The Morgan fingerprint density at radius 1 is 1.06 bits per heavy atom. The van der Waals surface area contributed by atoms with Crippen LogP contribution in [0.15, 0.2) is 47.0 Å². The Morgan fingerprint density at radius 3 is 2.34 bits per heavy atom. The van der Waals surface area contributed by atoms with Gasteiger partial charge >= 0.3 is 6.18 Å². The molecular weight excluding hydrogens is 430 g/mol. The zero-order chi connectivity index (χ0) is 23.6. The molecule has 0 radical (unpaired) electrons. The van der Waals surface area contributed by atoms with E-state index in [2.05, 4.69) is 15.8 Å². The standard InChI is InChI=1S/C22H19F4N3O3/c1-11(19-12(2)29-32-13(19)3)20(30)28-18-9-8-14(10-16(18)22(24,25)26)27-21(31)15-6-4-5-7-17(15)23/h4-11H,1-3H3,(H,27,31)(H,28,30). The summed E-state index contributed by atoms with van der Waals surface area (Å²) in [6, 6.07) is 7.97. The van der Waals surface area contributed by atoms with E-state index in [1.165, 1.54) is 31.2 Å². The zero-order valence-electron chi connectivity index (χ0n) is 17.3. The Labute approximate surface area is 180 Å². The summed E-state index contributed by atoms with van der Waals surface area (Å²) in [5.41, 5.74) is -1.21. The summed E-state index contributed by atoms with van der Waals surface area (Å²) < 4.78 is 59.8. The summed E-state index contributed by atoms with van der Waals surface area (Å²) in [5.74, 6) is -2.82. The zero-order valence-corrected chi connectivity index (χ0v) is 17.3. The van der Waals surface area contributed by atoms with Crippen molar-refractivity contribution in [3.63, 3.8) is 0 Å². The van der Waals surface area contributed by atoms with Crippen LogP contribution in [0, 0.1) is 19.7 Å². The third-order valence-corrected chi connectivity index (χ3v) is 4.87. The lowest BCUT2D eigenvalue weighted by molar-refractivity contribution is -0.136. The molecular formula is C22H19F4N3O3. The van der Waals surface area contributed by atoms with Gasteiger partial charge in [-0.15, -0.1) is 0 Å². The molecule has 0 saturated heterocycles. The summed E-state index contributed by atoms with van der Waals surface area (Å²) >= 11 is 0. The molecule has 1 aromatic heterocycles. The fourth-order valence-electron chi connectivity index (χ4n) is 3.29. The van der Waals surface area contributed by atoms with Gasteiger partial charge in [-0.1, -0.05) is 17.3 Å². The largest absolute Gasteiger partial charge is 0.418 e. The Balaban J connectivity index is 1.87. The molecule has 10 heteroatoms. The summed E-state index contributed by atoms with van der Waals surface area (Å²) in [6.07, 6.45) is -4.83. The minimum absolute atomic E-state index is 0.206. The number of halogens is 4. The van der Waals surface area contributed by atoms with Crippen molar-refractivity contribution in [1.29, 1.82) is 0 Å². The van der Waals surface area contributed by atoms with E-state index in [-0.39, 0.29) is 11.3 Å². The van der Waals surface area contributed by atoms with Crippen LogP contribution < -0.4 is 10.6 Å². The third-order valence-electron chi connectivity index (χ3n) is 4.87. The molecule has 168 valence electrons. The molecule has 0 fully saturated rings. The van der Waals surface area contributed by atoms with Crippen molar-refractivity contribution < 1.29 is 31.7 Å². The van der Waals surface area contributed by atoms with E-state index < -0.39 is 41.0 Å². The number of nitrogens with zero attached hydrogens (tertiary/aromatic N) is 1. The van der Waals surface area contributed by atoms with E-state index in [9.17, 15) is 27.2 Å². The monoisotopic (exact) mass is 449 g/mol. The highest BCUT2D eigenvalue weighted by Gasteiger charge is 2.35. The molecule has 1 unspecified atom stereocenters. The number of hydrogen-bond donors (Lipinski definition) is 2. The van der Waals surface area contributed by atoms with Gasteiger partial charge in [0, 0.05) is 11.3 Å². The molecule has 3 rings (SSSR count). The number of anilines is 2. The van der Waals surface area contributed by atoms with Gasteiger partial charge in [0.1, 0.15) is 11.6 Å².